The number of aryl methyl sites for hydroxylation is 1. The molecule has 0 aliphatic carbocycles. The van der Waals surface area contributed by atoms with Crippen LogP contribution in [-0.4, -0.2) is 59.5 Å². The average Bonchev–Trinajstić information content (AvgIpc) is 3.68. The van der Waals surface area contributed by atoms with E-state index in [4.69, 9.17) is 42.6 Å². The fourth-order valence-corrected chi connectivity index (χ4v) is 6.45. The average molecular weight is 646 g/mol. The summed E-state index contributed by atoms with van der Waals surface area (Å²) in [6.07, 6.45) is 5.85. The second-order valence-corrected chi connectivity index (χ2v) is 12.0. The molecule has 1 fully saturated rings. The second-order valence-electron chi connectivity index (χ2n) is 11.2. The van der Waals surface area contributed by atoms with Crippen molar-refractivity contribution in [3.63, 3.8) is 0 Å². The molecule has 0 bridgehead atoms. The molecule has 2 N–H and O–H groups in total. The molecule has 4 aromatic rings. The van der Waals surface area contributed by atoms with E-state index < -0.39 is 0 Å². The number of methoxy groups -OCH3 is 2. The highest BCUT2D eigenvalue weighted by Gasteiger charge is 2.23. The van der Waals surface area contributed by atoms with Gasteiger partial charge in [-0.05, 0) is 38.7 Å². The lowest BCUT2D eigenvalue weighted by Crippen LogP contribution is -2.28. The molecule has 11 heteroatoms. The van der Waals surface area contributed by atoms with Crippen LogP contribution < -0.4 is 20.1 Å². The Balaban J connectivity index is 1.27. The summed E-state index contributed by atoms with van der Waals surface area (Å²) in [6.45, 7) is 2.73. The standard InChI is InChI=1S/C34H34Cl2N6O3/c1-19-17-38-32(39-19)31-34(45-3)42-27(18-37-31)25-12-6-10-23(30(25)36)22-9-5-11-24(29(22)35)26-15-13-20(33(41-26)44-2)7-4-8-21-14-16-28(43)40-21/h5-6,9-13,15,18-19,21H,4,7-8,14,16-17H2,1-3H3,(H,38,39)(H,40,43)/t19-,21-/m1/s1. The number of carbonyl (C=O) groups excluding carboxylic acids is 1. The Bertz CT molecular complexity index is 1780. The van der Waals surface area contributed by atoms with Crippen molar-refractivity contribution in [1.29, 1.82) is 0 Å². The number of nitrogens with one attached hydrogen (secondary N) is 2. The van der Waals surface area contributed by atoms with E-state index in [9.17, 15) is 4.79 Å². The third-order valence-electron chi connectivity index (χ3n) is 8.12. The SMILES string of the molecule is COc1nc(-c2cccc(-c3cccc(-c4cnc(C5=NC[C@@H](C)N5)c(OC)n4)c3Cl)c2Cl)ccc1CCC[C@@H]1CCC(=O)N1. The molecule has 9 nitrogen and oxygen atoms in total. The topological polar surface area (TPSA) is 111 Å². The van der Waals surface area contributed by atoms with E-state index in [0.29, 0.717) is 63.3 Å². The molecule has 0 saturated carbocycles. The zero-order valence-electron chi connectivity index (χ0n) is 25.4. The maximum Gasteiger partial charge on any atom is 0.244 e. The van der Waals surface area contributed by atoms with E-state index in [1.807, 2.05) is 48.5 Å². The molecule has 2 aromatic carbocycles. The van der Waals surface area contributed by atoms with E-state index >= 15 is 0 Å². The summed E-state index contributed by atoms with van der Waals surface area (Å²) >= 11 is 14.1. The summed E-state index contributed by atoms with van der Waals surface area (Å²) in [6, 6.07) is 16.0. The van der Waals surface area contributed by atoms with Gasteiger partial charge in [-0.1, -0.05) is 65.7 Å². The van der Waals surface area contributed by atoms with Crippen LogP contribution in [0.25, 0.3) is 33.6 Å². The molecule has 0 unspecified atom stereocenters. The highest BCUT2D eigenvalue weighted by molar-refractivity contribution is 6.39. The molecular weight excluding hydrogens is 611 g/mol. The van der Waals surface area contributed by atoms with Gasteiger partial charge in [-0.3, -0.25) is 9.79 Å². The molecule has 2 aromatic heterocycles. The van der Waals surface area contributed by atoms with Crippen LogP contribution in [0.5, 0.6) is 11.8 Å². The number of aliphatic imine (C=N–C) groups is 1. The highest BCUT2D eigenvalue weighted by Crippen LogP contribution is 2.42. The summed E-state index contributed by atoms with van der Waals surface area (Å²) in [4.78, 5) is 30.2. The number of amidine groups is 1. The second kappa shape index (κ2) is 13.4. The van der Waals surface area contributed by atoms with E-state index in [-0.39, 0.29) is 18.0 Å². The number of pyridine rings is 1. The Morgan fingerprint density at radius 2 is 1.53 bits per heavy atom. The number of amides is 1. The predicted octanol–water partition coefficient (Wildman–Crippen LogP) is 6.54. The number of hydrogen-bond acceptors (Lipinski definition) is 8. The number of ether oxygens (including phenoxy) is 2. The monoisotopic (exact) mass is 644 g/mol. The van der Waals surface area contributed by atoms with Crippen LogP contribution in [0.4, 0.5) is 0 Å². The van der Waals surface area contributed by atoms with E-state index in [0.717, 1.165) is 47.9 Å². The summed E-state index contributed by atoms with van der Waals surface area (Å²) in [5.74, 6) is 1.73. The summed E-state index contributed by atoms with van der Waals surface area (Å²) in [5.41, 5.74) is 5.82. The van der Waals surface area contributed by atoms with Gasteiger partial charge in [-0.2, -0.15) is 0 Å². The Morgan fingerprint density at radius 1 is 0.867 bits per heavy atom. The van der Waals surface area contributed by atoms with Crippen molar-refractivity contribution < 1.29 is 14.3 Å². The number of aromatic nitrogens is 3. The van der Waals surface area contributed by atoms with Crippen molar-refractivity contribution in [3.05, 3.63) is 76.0 Å². The van der Waals surface area contributed by atoms with Crippen LogP contribution >= 0.6 is 23.2 Å². The Hall–Kier alpha value is -4.21. The number of halogens is 2. The minimum atomic E-state index is 0.140. The van der Waals surface area contributed by atoms with Gasteiger partial charge >= 0.3 is 0 Å². The number of hydrogen-bond donors (Lipinski definition) is 2. The molecule has 2 atom stereocenters. The van der Waals surface area contributed by atoms with Gasteiger partial charge < -0.3 is 20.1 Å². The van der Waals surface area contributed by atoms with Gasteiger partial charge in [0.15, 0.2) is 11.5 Å². The van der Waals surface area contributed by atoms with Crippen LogP contribution in [0.3, 0.4) is 0 Å². The van der Waals surface area contributed by atoms with Crippen molar-refractivity contribution in [2.75, 3.05) is 20.8 Å². The minimum absolute atomic E-state index is 0.140. The molecule has 0 radical (unpaired) electrons. The van der Waals surface area contributed by atoms with Crippen molar-refractivity contribution in [2.45, 2.75) is 51.1 Å². The molecule has 1 amide bonds. The first-order chi connectivity index (χ1) is 21.9. The predicted molar refractivity (Wildman–Crippen MR) is 177 cm³/mol. The summed E-state index contributed by atoms with van der Waals surface area (Å²) < 4.78 is 11.2. The van der Waals surface area contributed by atoms with Crippen LogP contribution in [0.15, 0.2) is 59.7 Å². The molecule has 6 rings (SSSR count). The quantitative estimate of drug-likeness (QED) is 0.202. The first-order valence-electron chi connectivity index (χ1n) is 15.0. The Kier molecular flexibility index (Phi) is 9.19. The normalized spacial score (nSPS) is 17.5. The van der Waals surface area contributed by atoms with Gasteiger partial charge in [-0.15, -0.1) is 0 Å². The van der Waals surface area contributed by atoms with Crippen molar-refractivity contribution in [1.82, 2.24) is 25.6 Å². The number of rotatable bonds is 10. The third kappa shape index (κ3) is 6.46. The molecule has 4 heterocycles. The molecule has 1 saturated heterocycles. The zero-order valence-corrected chi connectivity index (χ0v) is 26.9. The highest BCUT2D eigenvalue weighted by atomic mass is 35.5. The van der Waals surface area contributed by atoms with E-state index in [2.05, 4.69) is 27.5 Å². The smallest absolute Gasteiger partial charge is 0.244 e. The van der Waals surface area contributed by atoms with Crippen LogP contribution in [0.2, 0.25) is 10.0 Å². The molecular formula is C34H34Cl2N6O3. The summed E-state index contributed by atoms with van der Waals surface area (Å²) in [5, 5.41) is 7.35. The fourth-order valence-electron chi connectivity index (χ4n) is 5.80. The first-order valence-corrected chi connectivity index (χ1v) is 15.8. The van der Waals surface area contributed by atoms with Crippen LogP contribution in [-0.2, 0) is 11.2 Å². The van der Waals surface area contributed by atoms with Gasteiger partial charge in [0.25, 0.3) is 0 Å². The maximum absolute atomic E-state index is 11.5. The van der Waals surface area contributed by atoms with Gasteiger partial charge in [-0.25, -0.2) is 15.0 Å². The van der Waals surface area contributed by atoms with Crippen LogP contribution in [0.1, 0.15) is 43.9 Å². The third-order valence-corrected chi connectivity index (χ3v) is 8.93. The lowest BCUT2D eigenvalue weighted by Gasteiger charge is -2.15. The fraction of sp³-hybridized carbons (Fsp3) is 0.324. The molecule has 0 spiro atoms. The molecule has 2 aliphatic heterocycles. The first kappa shape index (κ1) is 30.8. The largest absolute Gasteiger partial charge is 0.481 e. The van der Waals surface area contributed by atoms with E-state index in [1.165, 1.54) is 0 Å². The van der Waals surface area contributed by atoms with Gasteiger partial charge in [0.1, 0.15) is 0 Å². The Morgan fingerprint density at radius 3 is 2.16 bits per heavy atom. The number of benzene rings is 2. The molecule has 45 heavy (non-hydrogen) atoms. The maximum atomic E-state index is 11.5. The van der Waals surface area contributed by atoms with Crippen LogP contribution in [0, 0.1) is 0 Å². The lowest BCUT2D eigenvalue weighted by atomic mass is 9.98. The molecule has 232 valence electrons. The minimum Gasteiger partial charge on any atom is -0.481 e. The lowest BCUT2D eigenvalue weighted by molar-refractivity contribution is -0.119. The summed E-state index contributed by atoms with van der Waals surface area (Å²) in [7, 11) is 3.19. The van der Waals surface area contributed by atoms with Gasteiger partial charge in [0.2, 0.25) is 17.7 Å². The van der Waals surface area contributed by atoms with Gasteiger partial charge in [0, 0.05) is 46.3 Å². The van der Waals surface area contributed by atoms with E-state index in [1.54, 1.807) is 20.4 Å². The zero-order chi connectivity index (χ0) is 31.5. The van der Waals surface area contributed by atoms with Crippen molar-refractivity contribution in [3.8, 4) is 45.4 Å². The van der Waals surface area contributed by atoms with Gasteiger partial charge in [0.05, 0.1) is 48.4 Å². The Labute approximate surface area is 272 Å². The van der Waals surface area contributed by atoms with Crippen molar-refractivity contribution in [2.24, 2.45) is 4.99 Å². The number of nitrogens with zero attached hydrogens (tertiary/aromatic N) is 4. The number of carbonyl (C=O) groups is 1. The molecule has 2 aliphatic rings. The van der Waals surface area contributed by atoms with Crippen molar-refractivity contribution >= 4 is 34.9 Å².